The van der Waals surface area contributed by atoms with Gasteiger partial charge in [0.25, 0.3) is 0 Å². The zero-order chi connectivity index (χ0) is 10.7. The van der Waals surface area contributed by atoms with Crippen LogP contribution in [0.3, 0.4) is 0 Å². The molecule has 0 radical (unpaired) electrons. The molecule has 0 heterocycles. The number of fused-ring (bicyclic) bond motifs is 2. The van der Waals surface area contributed by atoms with Crippen LogP contribution in [0.15, 0.2) is 9.98 Å². The number of rotatable bonds is 4. The summed E-state index contributed by atoms with van der Waals surface area (Å²) in [5, 5.41) is 0. The van der Waals surface area contributed by atoms with Gasteiger partial charge in [-0.05, 0) is 42.9 Å². The summed E-state index contributed by atoms with van der Waals surface area (Å²) in [5.74, 6) is 2.38. The first-order valence-corrected chi connectivity index (χ1v) is 5.42. The Labute approximate surface area is 88.5 Å². The highest BCUT2D eigenvalue weighted by Gasteiger charge is 2.45. The molecule has 2 unspecified atom stereocenters. The highest BCUT2D eigenvalue weighted by molar-refractivity contribution is 5.33. The molecule has 0 spiro atoms. The summed E-state index contributed by atoms with van der Waals surface area (Å²) in [6.07, 6.45) is 6.78. The molecule has 4 nitrogen and oxygen atoms in total. The molecule has 0 saturated heterocycles. The summed E-state index contributed by atoms with van der Waals surface area (Å²) in [6, 6.07) is 0. The molecule has 2 aliphatic carbocycles. The first kappa shape index (κ1) is 10.3. The molecule has 2 atom stereocenters. The lowest BCUT2D eigenvalue weighted by Crippen LogP contribution is -2.24. The lowest BCUT2D eigenvalue weighted by molar-refractivity contribution is 0.250. The van der Waals surface area contributed by atoms with E-state index in [1.165, 1.54) is 19.3 Å². The Balaban J connectivity index is 1.95. The first-order chi connectivity index (χ1) is 7.35. The Bertz CT molecular complexity index is 299. The maximum atomic E-state index is 10.1. The molecular weight excluding hydrogens is 192 g/mol. The van der Waals surface area contributed by atoms with Crippen LogP contribution in [0.5, 0.6) is 0 Å². The van der Waals surface area contributed by atoms with E-state index >= 15 is 0 Å². The summed E-state index contributed by atoms with van der Waals surface area (Å²) < 4.78 is 0. The Morgan fingerprint density at radius 1 is 0.933 bits per heavy atom. The van der Waals surface area contributed by atoms with E-state index in [9.17, 15) is 9.59 Å². The fourth-order valence-electron chi connectivity index (χ4n) is 3.38. The molecule has 0 aromatic carbocycles. The summed E-state index contributed by atoms with van der Waals surface area (Å²) in [4.78, 5) is 27.5. The molecule has 0 aromatic heterocycles. The minimum absolute atomic E-state index is 0.511. The molecule has 80 valence electrons. The van der Waals surface area contributed by atoms with Crippen molar-refractivity contribution in [2.24, 2.45) is 33.7 Å². The molecule has 0 amide bonds. The van der Waals surface area contributed by atoms with E-state index in [0.717, 1.165) is 5.92 Å². The highest BCUT2D eigenvalue weighted by Crippen LogP contribution is 2.51. The number of nitrogens with zero attached hydrogens (tertiary/aromatic N) is 2. The standard InChI is InChI=1S/C11H14N2O2/c14-6-12-4-9-1-8-2-10(5-13-7-15)11(9)3-8/h8-11H,1-5H2. The molecule has 4 heteroatoms. The fourth-order valence-corrected chi connectivity index (χ4v) is 3.38. The fraction of sp³-hybridized carbons (Fsp3) is 0.818. The number of isocyanates is 2. The quantitative estimate of drug-likeness (QED) is 0.514. The molecule has 0 aromatic rings. The van der Waals surface area contributed by atoms with Crippen LogP contribution in [0.2, 0.25) is 0 Å². The van der Waals surface area contributed by atoms with Gasteiger partial charge in [-0.25, -0.2) is 19.6 Å². The smallest absolute Gasteiger partial charge is 0.211 e. The maximum absolute atomic E-state index is 10.1. The van der Waals surface area contributed by atoms with Gasteiger partial charge in [0.15, 0.2) is 0 Å². The van der Waals surface area contributed by atoms with E-state index in [1.807, 2.05) is 0 Å². The predicted molar refractivity (Wildman–Crippen MR) is 53.8 cm³/mol. The van der Waals surface area contributed by atoms with Crippen molar-refractivity contribution < 1.29 is 9.59 Å². The molecular formula is C11H14N2O2. The van der Waals surface area contributed by atoms with Crippen molar-refractivity contribution in [1.29, 1.82) is 0 Å². The largest absolute Gasteiger partial charge is 0.234 e. The van der Waals surface area contributed by atoms with Gasteiger partial charge in [0.2, 0.25) is 12.2 Å². The first-order valence-electron chi connectivity index (χ1n) is 5.42. The lowest BCUT2D eigenvalue weighted by atomic mass is 9.80. The molecule has 0 N–H and O–H groups in total. The Kier molecular flexibility index (Phi) is 3.10. The second kappa shape index (κ2) is 4.52. The van der Waals surface area contributed by atoms with Crippen molar-refractivity contribution in [3.05, 3.63) is 0 Å². The SMILES string of the molecule is O=C=NCC1CC2CC(CN=C=O)C1C2. The lowest BCUT2D eigenvalue weighted by Gasteiger charge is -2.26. The molecule has 2 aliphatic rings. The summed E-state index contributed by atoms with van der Waals surface area (Å²) in [6.45, 7) is 1.21. The summed E-state index contributed by atoms with van der Waals surface area (Å²) in [5.41, 5.74) is 0. The van der Waals surface area contributed by atoms with Gasteiger partial charge in [0, 0.05) is 0 Å². The number of hydrogen-bond acceptors (Lipinski definition) is 4. The normalized spacial score (nSPS) is 37.1. The van der Waals surface area contributed by atoms with Crippen molar-refractivity contribution >= 4 is 12.2 Å². The molecule has 2 saturated carbocycles. The van der Waals surface area contributed by atoms with Crippen LogP contribution < -0.4 is 0 Å². The Hall–Kier alpha value is -1.24. The van der Waals surface area contributed by atoms with Gasteiger partial charge in [-0.15, -0.1) is 0 Å². The molecule has 0 aliphatic heterocycles. The van der Waals surface area contributed by atoms with Gasteiger partial charge in [-0.3, -0.25) is 0 Å². The Morgan fingerprint density at radius 2 is 1.47 bits per heavy atom. The molecule has 2 fully saturated rings. The van der Waals surface area contributed by atoms with Crippen LogP contribution in [0.25, 0.3) is 0 Å². The van der Waals surface area contributed by atoms with Gasteiger partial charge in [-0.1, -0.05) is 0 Å². The van der Waals surface area contributed by atoms with Crippen LogP contribution in [0.4, 0.5) is 0 Å². The van der Waals surface area contributed by atoms with Crippen molar-refractivity contribution in [3.8, 4) is 0 Å². The van der Waals surface area contributed by atoms with Crippen molar-refractivity contribution in [2.75, 3.05) is 13.1 Å². The van der Waals surface area contributed by atoms with E-state index in [-0.39, 0.29) is 0 Å². The predicted octanol–water partition coefficient (Wildman–Crippen LogP) is 1.32. The van der Waals surface area contributed by atoms with Crippen molar-refractivity contribution in [2.45, 2.75) is 19.3 Å². The third kappa shape index (κ3) is 2.06. The Morgan fingerprint density at radius 3 is 1.87 bits per heavy atom. The van der Waals surface area contributed by atoms with E-state index < -0.39 is 0 Å². The third-order valence-corrected chi connectivity index (χ3v) is 3.87. The molecule has 2 rings (SSSR count). The van der Waals surface area contributed by atoms with Crippen LogP contribution in [-0.4, -0.2) is 25.2 Å². The van der Waals surface area contributed by atoms with E-state index in [4.69, 9.17) is 0 Å². The summed E-state index contributed by atoms with van der Waals surface area (Å²) >= 11 is 0. The van der Waals surface area contributed by atoms with E-state index in [2.05, 4.69) is 9.98 Å². The maximum Gasteiger partial charge on any atom is 0.234 e. The molecule has 2 bridgehead atoms. The van der Waals surface area contributed by atoms with Crippen molar-refractivity contribution in [1.82, 2.24) is 0 Å². The average molecular weight is 206 g/mol. The van der Waals surface area contributed by atoms with Crippen molar-refractivity contribution in [3.63, 3.8) is 0 Å². The highest BCUT2D eigenvalue weighted by atomic mass is 16.1. The zero-order valence-corrected chi connectivity index (χ0v) is 8.56. The average Bonchev–Trinajstić information content (AvgIpc) is 2.82. The second-order valence-electron chi connectivity index (χ2n) is 4.62. The van der Waals surface area contributed by atoms with Gasteiger partial charge in [-0.2, -0.15) is 0 Å². The summed E-state index contributed by atoms with van der Waals surface area (Å²) in [7, 11) is 0. The van der Waals surface area contributed by atoms with Crippen LogP contribution in [-0.2, 0) is 9.59 Å². The van der Waals surface area contributed by atoms with Gasteiger partial charge in [0.05, 0.1) is 13.1 Å². The minimum atomic E-state index is 0.511. The van der Waals surface area contributed by atoms with Gasteiger partial charge in [0.1, 0.15) is 0 Å². The van der Waals surface area contributed by atoms with Gasteiger partial charge < -0.3 is 0 Å². The topological polar surface area (TPSA) is 58.9 Å². The van der Waals surface area contributed by atoms with Crippen LogP contribution in [0.1, 0.15) is 19.3 Å². The third-order valence-electron chi connectivity index (χ3n) is 3.87. The zero-order valence-electron chi connectivity index (χ0n) is 8.56. The molecule has 15 heavy (non-hydrogen) atoms. The van der Waals surface area contributed by atoms with Crippen LogP contribution >= 0.6 is 0 Å². The van der Waals surface area contributed by atoms with Gasteiger partial charge >= 0.3 is 0 Å². The number of aliphatic imine (C=N–C) groups is 2. The monoisotopic (exact) mass is 206 g/mol. The number of carbonyl (C=O) groups excluding carboxylic acids is 2. The van der Waals surface area contributed by atoms with E-state index in [1.54, 1.807) is 12.2 Å². The van der Waals surface area contributed by atoms with Crippen LogP contribution in [0, 0.1) is 23.7 Å². The second-order valence-corrected chi connectivity index (χ2v) is 4.62. The number of hydrogen-bond donors (Lipinski definition) is 0. The van der Waals surface area contributed by atoms with E-state index in [0.29, 0.717) is 30.8 Å². The minimum Gasteiger partial charge on any atom is -0.211 e.